The van der Waals surface area contributed by atoms with Crippen molar-refractivity contribution >= 4 is 0 Å². The second-order valence-electron chi connectivity index (χ2n) is 15.7. The van der Waals surface area contributed by atoms with Crippen molar-refractivity contribution in [2.45, 2.75) is 141 Å². The first-order valence-electron chi connectivity index (χ1n) is 17.9. The van der Waals surface area contributed by atoms with Gasteiger partial charge in [-0.05, 0) is 168 Å². The topological polar surface area (TPSA) is 12.0 Å². The Hall–Kier alpha value is -0.560. The van der Waals surface area contributed by atoms with Crippen LogP contribution in [-0.4, -0.2) is 12.6 Å². The molecule has 6 aliphatic carbocycles. The van der Waals surface area contributed by atoms with Gasteiger partial charge in [-0.2, -0.15) is 0 Å². The maximum Gasteiger partial charge on any atom is 0.00955 e. The zero-order chi connectivity index (χ0) is 25.3. The van der Waals surface area contributed by atoms with Gasteiger partial charge in [-0.15, -0.1) is 0 Å². The lowest BCUT2D eigenvalue weighted by Crippen LogP contribution is -2.48. The van der Waals surface area contributed by atoms with E-state index >= 15 is 0 Å². The van der Waals surface area contributed by atoms with E-state index in [1.54, 1.807) is 25.7 Å². The van der Waals surface area contributed by atoms with E-state index in [1.807, 2.05) is 5.57 Å². The Morgan fingerprint density at radius 1 is 0.500 bits per heavy atom. The van der Waals surface area contributed by atoms with Gasteiger partial charge < -0.3 is 5.32 Å². The molecule has 1 N–H and O–H groups in total. The first-order valence-corrected chi connectivity index (χ1v) is 17.9. The van der Waals surface area contributed by atoms with Gasteiger partial charge in [-0.1, -0.05) is 55.9 Å². The van der Waals surface area contributed by atoms with E-state index in [2.05, 4.69) is 23.5 Å². The first kappa shape index (κ1) is 26.3. The van der Waals surface area contributed by atoms with E-state index in [4.69, 9.17) is 0 Å². The van der Waals surface area contributed by atoms with Gasteiger partial charge in [0.2, 0.25) is 0 Å². The third-order valence-corrected chi connectivity index (χ3v) is 13.8. The van der Waals surface area contributed by atoms with Crippen LogP contribution in [0.5, 0.6) is 0 Å². The SMILES string of the molecule is C1=CC(C2CCC3CCC(C4=CCC(C5CNC6CCCCC6C5)CC4)CC3C2)CCC1C1CCCCC1. The van der Waals surface area contributed by atoms with Crippen LogP contribution < -0.4 is 5.32 Å². The van der Waals surface area contributed by atoms with Crippen LogP contribution in [0, 0.1) is 59.2 Å². The fourth-order valence-electron chi connectivity index (χ4n) is 11.4. The standard InChI is InChI=1S/C37H59N/c1-2-6-26(7-3-1)27-10-12-28(13-11-27)32-20-18-30-19-21-33(23-35(30)22-32)29-14-16-31(17-15-29)36-24-34-8-4-5-9-37(34)38-25-36/h10,12,14,26-28,30-38H,1-9,11,13,15-25H2. The average Bonchev–Trinajstić information content (AvgIpc) is 3.01. The number of rotatable bonds is 4. The van der Waals surface area contributed by atoms with Crippen LogP contribution in [0.4, 0.5) is 0 Å². The highest BCUT2D eigenvalue weighted by atomic mass is 14.9. The summed E-state index contributed by atoms with van der Waals surface area (Å²) in [6.07, 6.45) is 39.9. The van der Waals surface area contributed by atoms with Crippen molar-refractivity contribution in [3.8, 4) is 0 Å². The molecule has 0 spiro atoms. The molecule has 1 nitrogen and oxygen atoms in total. The lowest BCUT2D eigenvalue weighted by atomic mass is 9.60. The summed E-state index contributed by atoms with van der Waals surface area (Å²) in [5.74, 6) is 9.86. The fourth-order valence-corrected chi connectivity index (χ4v) is 11.4. The molecular weight excluding hydrogens is 458 g/mol. The van der Waals surface area contributed by atoms with Crippen molar-refractivity contribution in [2.24, 2.45) is 59.2 Å². The van der Waals surface area contributed by atoms with Crippen LogP contribution >= 0.6 is 0 Å². The van der Waals surface area contributed by atoms with Crippen molar-refractivity contribution in [3.63, 3.8) is 0 Å². The van der Waals surface area contributed by atoms with Crippen LogP contribution in [-0.2, 0) is 0 Å². The molecule has 0 amide bonds. The number of allylic oxidation sites excluding steroid dienone is 4. The second-order valence-corrected chi connectivity index (χ2v) is 15.7. The molecule has 1 aliphatic heterocycles. The molecule has 7 aliphatic rings. The summed E-state index contributed by atoms with van der Waals surface area (Å²) in [6.45, 7) is 1.32. The molecule has 38 heavy (non-hydrogen) atoms. The summed E-state index contributed by atoms with van der Waals surface area (Å²) in [7, 11) is 0. The predicted molar refractivity (Wildman–Crippen MR) is 161 cm³/mol. The van der Waals surface area contributed by atoms with E-state index in [0.29, 0.717) is 0 Å². The molecular formula is C37H59N. The monoisotopic (exact) mass is 517 g/mol. The second kappa shape index (κ2) is 12.1. The maximum atomic E-state index is 4.00. The van der Waals surface area contributed by atoms with Gasteiger partial charge in [0.25, 0.3) is 0 Å². The molecule has 0 radical (unpaired) electrons. The number of hydrogen-bond acceptors (Lipinski definition) is 1. The summed E-state index contributed by atoms with van der Waals surface area (Å²) in [5.41, 5.74) is 1.91. The molecule has 0 aromatic heterocycles. The summed E-state index contributed by atoms with van der Waals surface area (Å²) in [6, 6.07) is 0.867. The highest BCUT2D eigenvalue weighted by Gasteiger charge is 2.40. The Morgan fingerprint density at radius 2 is 1.21 bits per heavy atom. The Kier molecular flexibility index (Phi) is 8.41. The van der Waals surface area contributed by atoms with E-state index in [1.165, 1.54) is 116 Å². The van der Waals surface area contributed by atoms with E-state index in [-0.39, 0.29) is 0 Å². The van der Waals surface area contributed by atoms with Gasteiger partial charge in [-0.25, -0.2) is 0 Å². The molecule has 0 aromatic carbocycles. The van der Waals surface area contributed by atoms with Gasteiger partial charge in [-0.3, -0.25) is 0 Å². The minimum atomic E-state index is 0.867. The molecule has 10 atom stereocenters. The number of nitrogens with one attached hydrogen (secondary N) is 1. The van der Waals surface area contributed by atoms with Crippen LogP contribution in [0.15, 0.2) is 23.8 Å². The third kappa shape index (κ3) is 5.76. The maximum absolute atomic E-state index is 4.00. The smallest absolute Gasteiger partial charge is 0.00955 e. The average molecular weight is 518 g/mol. The Balaban J connectivity index is 0.909. The van der Waals surface area contributed by atoms with Crippen molar-refractivity contribution in [2.75, 3.05) is 6.54 Å². The van der Waals surface area contributed by atoms with Gasteiger partial charge in [0.05, 0.1) is 0 Å². The molecule has 10 unspecified atom stereocenters. The Bertz CT molecular complexity index is 834. The summed E-state index contributed by atoms with van der Waals surface area (Å²) < 4.78 is 0. The molecule has 4 saturated carbocycles. The van der Waals surface area contributed by atoms with Gasteiger partial charge in [0.1, 0.15) is 0 Å². The molecule has 7 rings (SSSR count). The molecule has 1 heterocycles. The molecule has 5 fully saturated rings. The predicted octanol–water partition coefficient (Wildman–Crippen LogP) is 9.88. The van der Waals surface area contributed by atoms with Crippen LogP contribution in [0.2, 0.25) is 0 Å². The molecule has 212 valence electrons. The van der Waals surface area contributed by atoms with Gasteiger partial charge >= 0.3 is 0 Å². The minimum absolute atomic E-state index is 0.867. The molecule has 0 aromatic rings. The van der Waals surface area contributed by atoms with E-state index in [0.717, 1.165) is 65.2 Å². The fraction of sp³-hybridized carbons (Fsp3) is 0.892. The summed E-state index contributed by atoms with van der Waals surface area (Å²) in [4.78, 5) is 0. The molecule has 1 heteroatoms. The first-order chi connectivity index (χ1) is 18.8. The Labute approximate surface area is 235 Å². The van der Waals surface area contributed by atoms with Crippen LogP contribution in [0.1, 0.15) is 135 Å². The third-order valence-electron chi connectivity index (χ3n) is 13.8. The molecule has 0 bridgehead atoms. The normalized spacial score (nSPS) is 46.6. The van der Waals surface area contributed by atoms with E-state index in [9.17, 15) is 0 Å². The lowest BCUT2D eigenvalue weighted by Gasteiger charge is -2.46. The lowest BCUT2D eigenvalue weighted by molar-refractivity contribution is 0.0834. The van der Waals surface area contributed by atoms with Gasteiger partial charge in [0, 0.05) is 6.04 Å². The zero-order valence-corrected chi connectivity index (χ0v) is 24.6. The Morgan fingerprint density at radius 3 is 2.03 bits per heavy atom. The van der Waals surface area contributed by atoms with Crippen LogP contribution in [0.3, 0.4) is 0 Å². The quantitative estimate of drug-likeness (QED) is 0.366. The number of hydrogen-bond donors (Lipinski definition) is 1. The van der Waals surface area contributed by atoms with Crippen molar-refractivity contribution in [1.82, 2.24) is 5.32 Å². The van der Waals surface area contributed by atoms with E-state index < -0.39 is 0 Å². The van der Waals surface area contributed by atoms with Crippen molar-refractivity contribution < 1.29 is 0 Å². The zero-order valence-electron chi connectivity index (χ0n) is 24.6. The highest BCUT2D eigenvalue weighted by Crippen LogP contribution is 2.51. The largest absolute Gasteiger partial charge is 0.313 e. The van der Waals surface area contributed by atoms with Crippen LogP contribution in [0.25, 0.3) is 0 Å². The minimum Gasteiger partial charge on any atom is -0.313 e. The summed E-state index contributed by atoms with van der Waals surface area (Å²) >= 11 is 0. The van der Waals surface area contributed by atoms with Crippen molar-refractivity contribution in [3.05, 3.63) is 23.8 Å². The molecule has 1 saturated heterocycles. The number of piperidine rings is 1. The van der Waals surface area contributed by atoms with Gasteiger partial charge in [0.15, 0.2) is 0 Å². The van der Waals surface area contributed by atoms with Crippen molar-refractivity contribution in [1.29, 1.82) is 0 Å². The summed E-state index contributed by atoms with van der Waals surface area (Å²) in [5, 5.41) is 4.00. The highest BCUT2D eigenvalue weighted by molar-refractivity contribution is 5.14. The number of fused-ring (bicyclic) bond motifs is 2.